The lowest BCUT2D eigenvalue weighted by Gasteiger charge is -2.31. The number of fused-ring (bicyclic) bond motifs is 1. The number of para-hydroxylation sites is 2. The number of aromatic nitrogens is 2. The standard InChI is InChI=1S/C22H21F6N3O.C2H2O4/c1-31-8-6-16(7-9-31)32-19(20-29-17-4-2-3-5-18(17)30-20)13-10-14(21(23,24)25)12-15(11-13)22(26,27)28;3-1(4)2(5)6/h2-5,10-12,16,19H,6-9H2,1H3,(H,29,30);(H,3,4)(H,5,6). The van der Waals surface area contributed by atoms with Gasteiger partial charge in [-0.15, -0.1) is 0 Å². The van der Waals surface area contributed by atoms with E-state index in [0.29, 0.717) is 49.1 Å². The van der Waals surface area contributed by atoms with Crippen LogP contribution < -0.4 is 0 Å². The number of piperidine rings is 1. The molecule has 38 heavy (non-hydrogen) atoms. The highest BCUT2D eigenvalue weighted by Gasteiger charge is 2.38. The number of H-pyrrole nitrogens is 1. The highest BCUT2D eigenvalue weighted by molar-refractivity contribution is 6.27. The molecule has 0 radical (unpaired) electrons. The van der Waals surface area contributed by atoms with Crippen molar-refractivity contribution in [3.8, 4) is 0 Å². The zero-order chi connectivity index (χ0) is 28.3. The number of rotatable bonds is 4. The number of likely N-dealkylation sites (tertiary alicyclic amines) is 1. The van der Waals surface area contributed by atoms with Crippen LogP contribution >= 0.6 is 0 Å². The Morgan fingerprint density at radius 1 is 0.974 bits per heavy atom. The summed E-state index contributed by atoms with van der Waals surface area (Å²) in [6.45, 7) is 1.43. The molecule has 1 fully saturated rings. The third kappa shape index (κ3) is 7.44. The van der Waals surface area contributed by atoms with E-state index in [1.54, 1.807) is 24.3 Å². The second-order valence-electron chi connectivity index (χ2n) is 8.61. The molecule has 0 aliphatic carbocycles. The van der Waals surface area contributed by atoms with Gasteiger partial charge in [0.25, 0.3) is 0 Å². The lowest BCUT2D eigenvalue weighted by atomic mass is 9.99. The molecule has 1 aliphatic rings. The van der Waals surface area contributed by atoms with Crippen LogP contribution in [0.1, 0.15) is 41.5 Å². The molecule has 1 atom stereocenters. The number of aromatic amines is 1. The summed E-state index contributed by atoms with van der Waals surface area (Å²) in [6.07, 6.45) is -10.2. The number of benzene rings is 2. The largest absolute Gasteiger partial charge is 0.473 e. The van der Waals surface area contributed by atoms with Gasteiger partial charge in [0.15, 0.2) is 0 Å². The van der Waals surface area contributed by atoms with E-state index in [2.05, 4.69) is 14.9 Å². The molecule has 4 rings (SSSR count). The number of carbonyl (C=O) groups is 2. The van der Waals surface area contributed by atoms with E-state index in [1.165, 1.54) is 0 Å². The molecule has 1 aromatic heterocycles. The topological polar surface area (TPSA) is 116 Å². The van der Waals surface area contributed by atoms with Crippen LogP contribution in [0.4, 0.5) is 26.3 Å². The molecule has 2 aromatic carbocycles. The van der Waals surface area contributed by atoms with Gasteiger partial charge in [0.2, 0.25) is 0 Å². The third-order valence-corrected chi connectivity index (χ3v) is 5.75. The van der Waals surface area contributed by atoms with Crippen LogP contribution in [0.5, 0.6) is 0 Å². The molecule has 1 aliphatic heterocycles. The number of alkyl halides is 6. The van der Waals surface area contributed by atoms with Gasteiger partial charge in [0, 0.05) is 13.1 Å². The van der Waals surface area contributed by atoms with Crippen molar-refractivity contribution in [3.63, 3.8) is 0 Å². The Kier molecular flexibility index (Phi) is 8.67. The zero-order valence-electron chi connectivity index (χ0n) is 19.8. The average molecular weight is 547 g/mol. The fraction of sp³-hybridized carbons (Fsp3) is 0.375. The second kappa shape index (κ2) is 11.4. The van der Waals surface area contributed by atoms with Gasteiger partial charge in [-0.3, -0.25) is 0 Å². The summed E-state index contributed by atoms with van der Waals surface area (Å²) >= 11 is 0. The second-order valence-corrected chi connectivity index (χ2v) is 8.61. The summed E-state index contributed by atoms with van der Waals surface area (Å²) < 4.78 is 86.7. The number of imidazole rings is 1. The van der Waals surface area contributed by atoms with Crippen molar-refractivity contribution in [1.82, 2.24) is 14.9 Å². The van der Waals surface area contributed by atoms with Crippen LogP contribution in [0, 0.1) is 0 Å². The van der Waals surface area contributed by atoms with Gasteiger partial charge in [-0.1, -0.05) is 12.1 Å². The summed E-state index contributed by atoms with van der Waals surface area (Å²) in [5, 5.41) is 14.8. The maximum absolute atomic E-state index is 13.4. The van der Waals surface area contributed by atoms with E-state index in [1.807, 2.05) is 7.05 Å². The molecule has 0 amide bonds. The first-order valence-corrected chi connectivity index (χ1v) is 11.2. The van der Waals surface area contributed by atoms with E-state index < -0.39 is 41.5 Å². The predicted octanol–water partition coefficient (Wildman–Crippen LogP) is 4.96. The van der Waals surface area contributed by atoms with E-state index >= 15 is 0 Å². The first-order chi connectivity index (χ1) is 17.6. The highest BCUT2D eigenvalue weighted by atomic mass is 19.4. The number of nitrogens with zero attached hydrogens (tertiary/aromatic N) is 2. The fourth-order valence-electron chi connectivity index (χ4n) is 3.84. The zero-order valence-corrected chi connectivity index (χ0v) is 19.8. The molecule has 0 spiro atoms. The van der Waals surface area contributed by atoms with Crippen LogP contribution in [0.2, 0.25) is 0 Å². The summed E-state index contributed by atoms with van der Waals surface area (Å²) in [5.41, 5.74) is -1.85. The number of ether oxygens (including phenoxy) is 1. The molecule has 2 heterocycles. The molecule has 1 saturated heterocycles. The Balaban J connectivity index is 0.000000599. The van der Waals surface area contributed by atoms with Gasteiger partial charge in [0.05, 0.1) is 28.3 Å². The molecule has 0 bridgehead atoms. The van der Waals surface area contributed by atoms with Gasteiger partial charge < -0.3 is 24.8 Å². The average Bonchev–Trinajstić information content (AvgIpc) is 3.26. The molecular weight excluding hydrogens is 524 g/mol. The normalized spacial score (nSPS) is 16.1. The molecule has 8 nitrogen and oxygen atoms in total. The molecular formula is C24H23F6N3O5. The van der Waals surface area contributed by atoms with Crippen LogP contribution in [0.15, 0.2) is 42.5 Å². The van der Waals surface area contributed by atoms with E-state index in [9.17, 15) is 26.3 Å². The van der Waals surface area contributed by atoms with Gasteiger partial charge in [-0.2, -0.15) is 26.3 Å². The van der Waals surface area contributed by atoms with Crippen molar-refractivity contribution >= 4 is 23.0 Å². The summed E-state index contributed by atoms with van der Waals surface area (Å²) in [7, 11) is 1.94. The predicted molar refractivity (Wildman–Crippen MR) is 121 cm³/mol. The monoisotopic (exact) mass is 547 g/mol. The number of halogens is 6. The van der Waals surface area contributed by atoms with Crippen LogP contribution in [-0.4, -0.2) is 63.3 Å². The smallest absolute Gasteiger partial charge is 0.416 e. The minimum absolute atomic E-state index is 0.120. The Morgan fingerprint density at radius 3 is 1.97 bits per heavy atom. The van der Waals surface area contributed by atoms with Crippen molar-refractivity contribution in [2.24, 2.45) is 0 Å². The van der Waals surface area contributed by atoms with Crippen molar-refractivity contribution in [3.05, 3.63) is 65.0 Å². The molecule has 1 unspecified atom stereocenters. The number of aliphatic carboxylic acids is 2. The van der Waals surface area contributed by atoms with Gasteiger partial charge >= 0.3 is 24.3 Å². The molecule has 3 aromatic rings. The summed E-state index contributed by atoms with van der Waals surface area (Å²) in [4.78, 5) is 27.7. The summed E-state index contributed by atoms with van der Waals surface area (Å²) in [5.74, 6) is -3.48. The maximum atomic E-state index is 13.4. The minimum atomic E-state index is -4.94. The number of carboxylic acids is 2. The first-order valence-electron chi connectivity index (χ1n) is 11.2. The van der Waals surface area contributed by atoms with Crippen LogP contribution in [0.3, 0.4) is 0 Å². The van der Waals surface area contributed by atoms with E-state index in [-0.39, 0.29) is 23.6 Å². The number of hydrogen-bond acceptors (Lipinski definition) is 5. The van der Waals surface area contributed by atoms with Gasteiger partial charge in [-0.05, 0) is 55.8 Å². The number of hydrogen-bond donors (Lipinski definition) is 3. The SMILES string of the molecule is CN1CCC(OC(c2cc(C(F)(F)F)cc(C(F)(F)F)c2)c2nc3ccccc3[nH]2)CC1.O=C(O)C(=O)O. The van der Waals surface area contributed by atoms with Gasteiger partial charge in [0.1, 0.15) is 11.9 Å². The number of nitrogens with one attached hydrogen (secondary N) is 1. The maximum Gasteiger partial charge on any atom is 0.416 e. The third-order valence-electron chi connectivity index (χ3n) is 5.75. The van der Waals surface area contributed by atoms with E-state index in [4.69, 9.17) is 24.5 Å². The van der Waals surface area contributed by atoms with Gasteiger partial charge in [-0.25, -0.2) is 14.6 Å². The quantitative estimate of drug-likeness (QED) is 0.313. The Morgan fingerprint density at radius 2 is 1.50 bits per heavy atom. The Labute approximate surface area is 211 Å². The Bertz CT molecular complexity index is 1210. The highest BCUT2D eigenvalue weighted by Crippen LogP contribution is 2.39. The molecule has 0 saturated carbocycles. The molecule has 3 N–H and O–H groups in total. The van der Waals surface area contributed by atoms with Crippen molar-refractivity contribution in [2.45, 2.75) is 37.4 Å². The van der Waals surface area contributed by atoms with Crippen LogP contribution in [-0.2, 0) is 26.7 Å². The minimum Gasteiger partial charge on any atom is -0.473 e. The van der Waals surface area contributed by atoms with E-state index in [0.717, 1.165) is 0 Å². The summed E-state index contributed by atoms with van der Waals surface area (Å²) in [6, 6.07) is 8.47. The van der Waals surface area contributed by atoms with Crippen molar-refractivity contribution in [2.75, 3.05) is 20.1 Å². The van der Waals surface area contributed by atoms with Crippen molar-refractivity contribution < 1.29 is 50.9 Å². The van der Waals surface area contributed by atoms with Crippen molar-refractivity contribution in [1.29, 1.82) is 0 Å². The molecule has 14 heteroatoms. The number of carboxylic acid groups (broad SMARTS) is 2. The lowest BCUT2D eigenvalue weighted by molar-refractivity contribution is -0.159. The molecule has 206 valence electrons. The Hall–Kier alpha value is -3.65. The first kappa shape index (κ1) is 28.9. The lowest BCUT2D eigenvalue weighted by Crippen LogP contribution is -2.35. The van der Waals surface area contributed by atoms with Crippen LogP contribution in [0.25, 0.3) is 11.0 Å². The fourth-order valence-corrected chi connectivity index (χ4v) is 3.84.